The number of aliphatic hydroxyl groups is 1. The van der Waals surface area contributed by atoms with Crippen LogP contribution < -0.4 is 9.64 Å². The Hall–Kier alpha value is -2.51. The number of likely N-dealkylation sites (N-methyl/N-ethyl adjacent to an activating group) is 1. The second-order valence-corrected chi connectivity index (χ2v) is 9.62. The molecule has 33 heavy (non-hydrogen) atoms. The number of fused-ring (bicyclic) bond motifs is 1. The monoisotopic (exact) mass is 482 g/mol. The fourth-order valence-electron chi connectivity index (χ4n) is 3.95. The van der Waals surface area contributed by atoms with Crippen LogP contribution >= 0.6 is 23.4 Å². The molecule has 172 valence electrons. The summed E-state index contributed by atoms with van der Waals surface area (Å²) in [5, 5.41) is 11.2. The number of aliphatic hydroxyl groups excluding tert-OH is 1. The molecule has 0 aliphatic carbocycles. The Morgan fingerprint density at radius 3 is 2.48 bits per heavy atom. The highest BCUT2D eigenvalue weighted by molar-refractivity contribution is 8.00. The summed E-state index contributed by atoms with van der Waals surface area (Å²) in [6.07, 6.45) is -1.20. The Morgan fingerprint density at radius 1 is 1.06 bits per heavy atom. The third-order valence-electron chi connectivity index (χ3n) is 5.73. The van der Waals surface area contributed by atoms with Gasteiger partial charge in [-0.05, 0) is 42.4 Å². The molecule has 0 spiro atoms. The van der Waals surface area contributed by atoms with Gasteiger partial charge in [0.25, 0.3) is 5.91 Å². The number of thioether (sulfide) groups is 1. The zero-order chi connectivity index (χ0) is 23.4. The van der Waals surface area contributed by atoms with E-state index in [1.54, 1.807) is 12.0 Å². The molecule has 0 unspecified atom stereocenters. The van der Waals surface area contributed by atoms with E-state index >= 15 is 0 Å². The number of amides is 1. The van der Waals surface area contributed by atoms with Crippen LogP contribution in [0.5, 0.6) is 5.75 Å². The second-order valence-electron chi connectivity index (χ2n) is 8.06. The fraction of sp³-hybridized carbons (Fsp3) is 0.269. The first-order valence-electron chi connectivity index (χ1n) is 10.8. The molecule has 1 heterocycles. The van der Waals surface area contributed by atoms with Crippen LogP contribution in [-0.4, -0.2) is 49.3 Å². The number of nitrogens with zero attached hydrogens (tertiary/aromatic N) is 2. The topological polar surface area (TPSA) is 53.0 Å². The van der Waals surface area contributed by atoms with Crippen LogP contribution in [0.3, 0.4) is 0 Å². The Bertz CT molecular complexity index is 1090. The standard InChI is InChI=1S/C26H27ClN2O3S/c1-28(17-18-7-4-3-5-8-18)15-16-29-22-10-6-9-21(27)25(22)33-24(23(30)26(29)31)19-11-13-20(32-2)14-12-19/h3-14,23-24,30H,15-17H2,1-2H3/t23-,24+/m1/s1. The van der Waals surface area contributed by atoms with Crippen molar-refractivity contribution in [2.45, 2.75) is 22.8 Å². The number of anilines is 1. The number of methoxy groups -OCH3 is 1. The Morgan fingerprint density at radius 2 is 1.79 bits per heavy atom. The predicted molar refractivity (Wildman–Crippen MR) is 134 cm³/mol. The zero-order valence-corrected chi connectivity index (χ0v) is 20.2. The first-order chi connectivity index (χ1) is 16.0. The molecule has 0 fully saturated rings. The van der Waals surface area contributed by atoms with Crippen LogP contribution in [0.15, 0.2) is 77.7 Å². The molecule has 0 bridgehead atoms. The predicted octanol–water partition coefficient (Wildman–Crippen LogP) is 5.02. The van der Waals surface area contributed by atoms with E-state index in [0.29, 0.717) is 18.1 Å². The van der Waals surface area contributed by atoms with E-state index in [-0.39, 0.29) is 5.91 Å². The molecule has 4 rings (SSSR count). The molecule has 1 N–H and O–H groups in total. The van der Waals surface area contributed by atoms with Crippen molar-refractivity contribution in [1.82, 2.24) is 4.90 Å². The van der Waals surface area contributed by atoms with E-state index in [4.69, 9.17) is 16.3 Å². The van der Waals surface area contributed by atoms with Crippen molar-refractivity contribution in [3.8, 4) is 5.75 Å². The van der Waals surface area contributed by atoms with Gasteiger partial charge in [-0.1, -0.05) is 60.1 Å². The van der Waals surface area contributed by atoms with Gasteiger partial charge < -0.3 is 19.6 Å². The summed E-state index contributed by atoms with van der Waals surface area (Å²) in [7, 11) is 3.63. The minimum absolute atomic E-state index is 0.322. The number of rotatable bonds is 7. The number of halogens is 1. The van der Waals surface area contributed by atoms with Crippen LogP contribution in [0.4, 0.5) is 5.69 Å². The van der Waals surface area contributed by atoms with Crippen LogP contribution in [0.2, 0.25) is 5.02 Å². The third kappa shape index (κ3) is 5.36. The number of carbonyl (C=O) groups is 1. The van der Waals surface area contributed by atoms with E-state index in [0.717, 1.165) is 28.4 Å². The molecular weight excluding hydrogens is 456 g/mol. The van der Waals surface area contributed by atoms with Crippen LogP contribution in [0.1, 0.15) is 16.4 Å². The summed E-state index contributed by atoms with van der Waals surface area (Å²) in [5.74, 6) is 0.400. The Labute approximate surface area is 203 Å². The van der Waals surface area contributed by atoms with Crippen LogP contribution in [0.25, 0.3) is 0 Å². The molecule has 3 aromatic rings. The van der Waals surface area contributed by atoms with Crippen molar-refractivity contribution in [3.05, 3.63) is 88.9 Å². The molecule has 1 aliphatic heterocycles. The fourth-order valence-corrected chi connectivity index (χ4v) is 5.52. The summed E-state index contributed by atoms with van der Waals surface area (Å²) >= 11 is 8.00. The van der Waals surface area contributed by atoms with Gasteiger partial charge in [0.2, 0.25) is 0 Å². The second kappa shape index (κ2) is 10.6. The van der Waals surface area contributed by atoms with E-state index in [2.05, 4.69) is 17.0 Å². The van der Waals surface area contributed by atoms with Crippen LogP contribution in [-0.2, 0) is 11.3 Å². The number of hydrogen-bond donors (Lipinski definition) is 1. The van der Waals surface area contributed by atoms with Crippen molar-refractivity contribution in [2.24, 2.45) is 0 Å². The van der Waals surface area contributed by atoms with Gasteiger partial charge in [-0.15, -0.1) is 11.8 Å². The maximum absolute atomic E-state index is 13.5. The van der Waals surface area contributed by atoms with Crippen molar-refractivity contribution in [3.63, 3.8) is 0 Å². The van der Waals surface area contributed by atoms with Gasteiger partial charge in [0.15, 0.2) is 0 Å². The van der Waals surface area contributed by atoms with Gasteiger partial charge in [0, 0.05) is 19.6 Å². The van der Waals surface area contributed by atoms with Crippen molar-refractivity contribution >= 4 is 35.0 Å². The highest BCUT2D eigenvalue weighted by atomic mass is 35.5. The lowest BCUT2D eigenvalue weighted by Gasteiger charge is -2.27. The summed E-state index contributed by atoms with van der Waals surface area (Å²) in [6, 6.07) is 23.2. The smallest absolute Gasteiger partial charge is 0.257 e. The summed E-state index contributed by atoms with van der Waals surface area (Å²) in [5.41, 5.74) is 2.79. The van der Waals surface area contributed by atoms with Crippen LogP contribution in [0, 0.1) is 0 Å². The first kappa shape index (κ1) is 23.6. The summed E-state index contributed by atoms with van der Waals surface area (Å²) in [6.45, 7) is 1.87. The molecule has 0 radical (unpaired) electrons. The van der Waals surface area contributed by atoms with Gasteiger partial charge in [0.05, 0.1) is 28.0 Å². The normalized spacial score (nSPS) is 18.2. The maximum Gasteiger partial charge on any atom is 0.257 e. The molecule has 3 aromatic carbocycles. The lowest BCUT2D eigenvalue weighted by Crippen LogP contribution is -2.43. The third-order valence-corrected chi connectivity index (χ3v) is 7.61. The number of ether oxygens (including phenoxy) is 1. The molecule has 1 aliphatic rings. The Kier molecular flexibility index (Phi) is 7.60. The van der Waals surface area contributed by atoms with Gasteiger partial charge in [-0.3, -0.25) is 4.79 Å². The molecule has 0 aromatic heterocycles. The highest BCUT2D eigenvalue weighted by Crippen LogP contribution is 2.48. The molecular formula is C26H27ClN2O3S. The van der Waals surface area contributed by atoms with E-state index in [1.807, 2.05) is 67.7 Å². The average molecular weight is 483 g/mol. The quantitative estimate of drug-likeness (QED) is 0.512. The van der Waals surface area contributed by atoms with Gasteiger partial charge in [0.1, 0.15) is 11.9 Å². The number of benzene rings is 3. The van der Waals surface area contributed by atoms with Gasteiger partial charge >= 0.3 is 0 Å². The van der Waals surface area contributed by atoms with E-state index in [1.165, 1.54) is 17.3 Å². The first-order valence-corrected chi connectivity index (χ1v) is 12.0. The van der Waals surface area contributed by atoms with Gasteiger partial charge in [-0.25, -0.2) is 0 Å². The number of carbonyl (C=O) groups excluding carboxylic acids is 1. The summed E-state index contributed by atoms with van der Waals surface area (Å²) in [4.78, 5) is 18.1. The molecule has 5 nitrogen and oxygen atoms in total. The molecule has 2 atom stereocenters. The van der Waals surface area contributed by atoms with E-state index < -0.39 is 11.4 Å². The lowest BCUT2D eigenvalue weighted by atomic mass is 10.1. The van der Waals surface area contributed by atoms with Gasteiger partial charge in [-0.2, -0.15) is 0 Å². The zero-order valence-electron chi connectivity index (χ0n) is 18.6. The van der Waals surface area contributed by atoms with Crippen molar-refractivity contribution in [2.75, 3.05) is 32.1 Å². The van der Waals surface area contributed by atoms with E-state index in [9.17, 15) is 9.90 Å². The van der Waals surface area contributed by atoms with Crippen molar-refractivity contribution < 1.29 is 14.6 Å². The number of hydrogen-bond acceptors (Lipinski definition) is 5. The minimum atomic E-state index is -1.20. The highest BCUT2D eigenvalue weighted by Gasteiger charge is 2.38. The lowest BCUT2D eigenvalue weighted by molar-refractivity contribution is -0.126. The van der Waals surface area contributed by atoms with Crippen molar-refractivity contribution in [1.29, 1.82) is 0 Å². The maximum atomic E-state index is 13.5. The molecule has 0 saturated carbocycles. The minimum Gasteiger partial charge on any atom is -0.497 e. The molecule has 1 amide bonds. The summed E-state index contributed by atoms with van der Waals surface area (Å²) < 4.78 is 5.25. The molecule has 7 heteroatoms. The average Bonchev–Trinajstić information content (AvgIpc) is 2.94. The SMILES string of the molecule is COc1ccc([C@@H]2Sc3c(Cl)cccc3N(CCN(C)Cc3ccccc3)C(=O)[C@@H]2O)cc1. The largest absolute Gasteiger partial charge is 0.497 e. The Balaban J connectivity index is 1.59. The molecule has 0 saturated heterocycles.